The van der Waals surface area contributed by atoms with Gasteiger partial charge in [-0.3, -0.25) is 19.4 Å². The lowest BCUT2D eigenvalue weighted by atomic mass is 9.90. The van der Waals surface area contributed by atoms with Gasteiger partial charge in [-0.05, 0) is 89.3 Å². The molecule has 1 heterocycles. The molecule has 3 amide bonds. The van der Waals surface area contributed by atoms with Crippen LogP contribution in [0.3, 0.4) is 0 Å². The van der Waals surface area contributed by atoms with E-state index in [9.17, 15) is 14.4 Å². The standard InChI is InChI=1S/C39H52N4O5/c1-27(2)42(28(3)4)24-22-40-36(44)35-33-20-19-32(47-26-29-15-11-9-12-16-29)25-31(33)21-23-43(35)37(45)34(30-17-13-10-14-18-30)41(8)38(46)48-39(5,6)7/h9-20,25,27-28,34-35H,21-24,26H2,1-8H3,(H,40,44). The van der Waals surface area contributed by atoms with E-state index in [2.05, 4.69) is 37.9 Å². The van der Waals surface area contributed by atoms with Gasteiger partial charge in [0.05, 0.1) is 0 Å². The lowest BCUT2D eigenvalue weighted by molar-refractivity contribution is -0.145. The molecule has 0 radical (unpaired) electrons. The molecule has 0 bridgehead atoms. The summed E-state index contributed by atoms with van der Waals surface area (Å²) in [6.45, 7) is 15.8. The minimum absolute atomic E-state index is 0.263. The maximum Gasteiger partial charge on any atom is 0.410 e. The number of hydrogen-bond acceptors (Lipinski definition) is 6. The minimum Gasteiger partial charge on any atom is -0.489 e. The van der Waals surface area contributed by atoms with Crippen molar-refractivity contribution in [3.63, 3.8) is 0 Å². The summed E-state index contributed by atoms with van der Waals surface area (Å²) in [6, 6.07) is 23.6. The first-order chi connectivity index (χ1) is 22.8. The number of nitrogens with one attached hydrogen (secondary N) is 1. The molecule has 1 aliphatic heterocycles. The molecule has 48 heavy (non-hydrogen) atoms. The van der Waals surface area contributed by atoms with Crippen LogP contribution in [0.4, 0.5) is 4.79 Å². The first kappa shape index (κ1) is 36.5. The van der Waals surface area contributed by atoms with Gasteiger partial charge in [0.15, 0.2) is 0 Å². The van der Waals surface area contributed by atoms with Gasteiger partial charge in [0, 0.05) is 38.8 Å². The molecule has 9 heteroatoms. The average molecular weight is 657 g/mol. The van der Waals surface area contributed by atoms with Gasteiger partial charge in [0.2, 0.25) is 5.91 Å². The smallest absolute Gasteiger partial charge is 0.410 e. The van der Waals surface area contributed by atoms with E-state index in [0.29, 0.717) is 56.1 Å². The summed E-state index contributed by atoms with van der Waals surface area (Å²) in [5, 5.41) is 3.13. The Bertz CT molecular complexity index is 1510. The van der Waals surface area contributed by atoms with Gasteiger partial charge >= 0.3 is 6.09 Å². The molecule has 0 aliphatic carbocycles. The van der Waals surface area contributed by atoms with Crippen molar-refractivity contribution in [2.75, 3.05) is 26.7 Å². The van der Waals surface area contributed by atoms with Gasteiger partial charge < -0.3 is 19.7 Å². The summed E-state index contributed by atoms with van der Waals surface area (Å²) >= 11 is 0. The van der Waals surface area contributed by atoms with Crippen LogP contribution in [-0.4, -0.2) is 77.0 Å². The summed E-state index contributed by atoms with van der Waals surface area (Å²) in [7, 11) is 1.57. The number of hydrogen-bond donors (Lipinski definition) is 1. The number of carbonyl (C=O) groups is 3. The second-order valence-electron chi connectivity index (χ2n) is 13.9. The highest BCUT2D eigenvalue weighted by atomic mass is 16.6. The van der Waals surface area contributed by atoms with Gasteiger partial charge in [-0.2, -0.15) is 0 Å². The van der Waals surface area contributed by atoms with Crippen molar-refractivity contribution >= 4 is 17.9 Å². The molecule has 258 valence electrons. The van der Waals surface area contributed by atoms with Crippen molar-refractivity contribution in [3.05, 3.63) is 101 Å². The molecule has 2 unspecified atom stereocenters. The van der Waals surface area contributed by atoms with Crippen LogP contribution in [0.25, 0.3) is 0 Å². The van der Waals surface area contributed by atoms with Crippen LogP contribution in [0.5, 0.6) is 5.75 Å². The first-order valence-electron chi connectivity index (χ1n) is 16.9. The van der Waals surface area contributed by atoms with Crippen molar-refractivity contribution < 1.29 is 23.9 Å². The summed E-state index contributed by atoms with van der Waals surface area (Å²) in [4.78, 5) is 47.5. The van der Waals surface area contributed by atoms with E-state index >= 15 is 0 Å². The van der Waals surface area contributed by atoms with E-state index in [1.54, 1.807) is 32.7 Å². The van der Waals surface area contributed by atoms with E-state index < -0.39 is 23.8 Å². The molecule has 0 saturated heterocycles. The molecule has 1 aliphatic rings. The second kappa shape index (κ2) is 16.2. The lowest BCUT2D eigenvalue weighted by Crippen LogP contribution is -2.52. The topological polar surface area (TPSA) is 91.4 Å². The second-order valence-corrected chi connectivity index (χ2v) is 13.9. The fourth-order valence-electron chi connectivity index (χ4n) is 6.24. The summed E-state index contributed by atoms with van der Waals surface area (Å²) in [5.74, 6) is 0.0880. The molecular weight excluding hydrogens is 604 g/mol. The minimum atomic E-state index is -0.997. The highest BCUT2D eigenvalue weighted by Crippen LogP contribution is 2.36. The zero-order valence-electron chi connectivity index (χ0n) is 29.7. The normalized spacial score (nSPS) is 15.2. The highest BCUT2D eigenvalue weighted by Gasteiger charge is 2.42. The van der Waals surface area contributed by atoms with Crippen LogP contribution < -0.4 is 10.1 Å². The van der Waals surface area contributed by atoms with Crippen LogP contribution in [0.1, 0.15) is 82.8 Å². The van der Waals surface area contributed by atoms with E-state index in [1.165, 1.54) is 4.90 Å². The van der Waals surface area contributed by atoms with Gasteiger partial charge in [-0.25, -0.2) is 4.79 Å². The number of benzene rings is 3. The Morgan fingerprint density at radius 3 is 2.15 bits per heavy atom. The SMILES string of the molecule is CC(C)N(CCNC(=O)C1c2ccc(OCc3ccccc3)cc2CCN1C(=O)C(c1ccccc1)N(C)C(=O)OC(C)(C)C)C(C)C. The van der Waals surface area contributed by atoms with Crippen molar-refractivity contribution in [2.24, 2.45) is 0 Å². The monoisotopic (exact) mass is 656 g/mol. The molecule has 0 saturated carbocycles. The Morgan fingerprint density at radius 1 is 0.917 bits per heavy atom. The zero-order valence-corrected chi connectivity index (χ0v) is 29.7. The van der Waals surface area contributed by atoms with Crippen molar-refractivity contribution in [1.29, 1.82) is 0 Å². The van der Waals surface area contributed by atoms with E-state index in [-0.39, 0.29) is 11.8 Å². The van der Waals surface area contributed by atoms with Gasteiger partial charge in [0.1, 0.15) is 30.0 Å². The van der Waals surface area contributed by atoms with Crippen LogP contribution >= 0.6 is 0 Å². The van der Waals surface area contributed by atoms with Crippen molar-refractivity contribution in [3.8, 4) is 5.75 Å². The van der Waals surface area contributed by atoms with E-state index in [0.717, 1.165) is 16.7 Å². The van der Waals surface area contributed by atoms with E-state index in [1.807, 2.05) is 78.9 Å². The molecule has 9 nitrogen and oxygen atoms in total. The molecule has 0 spiro atoms. The van der Waals surface area contributed by atoms with Crippen LogP contribution in [0.2, 0.25) is 0 Å². The van der Waals surface area contributed by atoms with Gasteiger partial charge in [-0.15, -0.1) is 0 Å². The van der Waals surface area contributed by atoms with Crippen LogP contribution in [0.15, 0.2) is 78.9 Å². The lowest BCUT2D eigenvalue weighted by Gasteiger charge is -2.40. The Balaban J connectivity index is 1.67. The fraction of sp³-hybridized carbons (Fsp3) is 0.462. The first-order valence-corrected chi connectivity index (χ1v) is 16.9. The molecule has 3 aromatic rings. The predicted octanol–water partition coefficient (Wildman–Crippen LogP) is 6.53. The number of carbonyl (C=O) groups excluding carboxylic acids is 3. The van der Waals surface area contributed by atoms with E-state index in [4.69, 9.17) is 9.47 Å². The Kier molecular flexibility index (Phi) is 12.3. The molecule has 3 aromatic carbocycles. The summed E-state index contributed by atoms with van der Waals surface area (Å²) in [6.07, 6.45) is -0.0923. The maximum absolute atomic E-state index is 14.7. The Labute approximate surface area is 286 Å². The van der Waals surface area contributed by atoms with Crippen molar-refractivity contribution in [1.82, 2.24) is 20.0 Å². The van der Waals surface area contributed by atoms with Crippen LogP contribution in [-0.2, 0) is 27.4 Å². The average Bonchev–Trinajstić information content (AvgIpc) is 3.04. The Hall–Kier alpha value is -4.37. The number of nitrogens with zero attached hydrogens (tertiary/aromatic N) is 3. The largest absolute Gasteiger partial charge is 0.489 e. The third kappa shape index (κ3) is 9.37. The number of likely N-dealkylation sites (N-methyl/N-ethyl adjacent to an activating group) is 1. The fourth-order valence-corrected chi connectivity index (χ4v) is 6.24. The summed E-state index contributed by atoms with van der Waals surface area (Å²) < 4.78 is 11.8. The number of rotatable bonds is 12. The number of fused-ring (bicyclic) bond motifs is 1. The zero-order chi connectivity index (χ0) is 35.0. The van der Waals surface area contributed by atoms with Crippen LogP contribution in [0, 0.1) is 0 Å². The van der Waals surface area contributed by atoms with Crippen molar-refractivity contribution in [2.45, 2.75) is 91.3 Å². The maximum atomic E-state index is 14.7. The predicted molar refractivity (Wildman–Crippen MR) is 189 cm³/mol. The molecule has 0 aromatic heterocycles. The molecule has 1 N–H and O–H groups in total. The molecule has 4 rings (SSSR count). The molecule has 0 fully saturated rings. The third-order valence-corrected chi connectivity index (χ3v) is 8.54. The number of ether oxygens (including phenoxy) is 2. The third-order valence-electron chi connectivity index (χ3n) is 8.54. The molecular formula is C39H52N4O5. The summed E-state index contributed by atoms with van der Waals surface area (Å²) in [5.41, 5.74) is 2.64. The highest BCUT2D eigenvalue weighted by molar-refractivity contribution is 5.93. The quantitative estimate of drug-likeness (QED) is 0.238. The molecule has 2 atom stereocenters. The van der Waals surface area contributed by atoms with Gasteiger partial charge in [0.25, 0.3) is 5.91 Å². The van der Waals surface area contributed by atoms with Gasteiger partial charge in [-0.1, -0.05) is 66.7 Å². The Morgan fingerprint density at radius 2 is 1.54 bits per heavy atom. The number of amides is 3.